The molecule has 2 rings (SSSR count). The Labute approximate surface area is 111 Å². The molecule has 2 N–H and O–H groups in total. The van der Waals surface area contributed by atoms with E-state index >= 15 is 0 Å². The number of hydrogen-bond acceptors (Lipinski definition) is 5. The van der Waals surface area contributed by atoms with Crippen molar-refractivity contribution in [2.75, 3.05) is 5.75 Å². The number of thioether (sulfide) groups is 1. The predicted octanol–water partition coefficient (Wildman–Crippen LogP) is 2.79. The fraction of sp³-hybridized carbons (Fsp3) is 0.385. The quantitative estimate of drug-likeness (QED) is 0.859. The lowest BCUT2D eigenvalue weighted by Gasteiger charge is -2.12. The molecule has 1 unspecified atom stereocenters. The lowest BCUT2D eigenvalue weighted by molar-refractivity contribution is 0.429. The summed E-state index contributed by atoms with van der Waals surface area (Å²) in [5, 5.41) is 8.29. The maximum Gasteiger partial charge on any atom is 0.276 e. The fourth-order valence-electron chi connectivity index (χ4n) is 1.59. The molecule has 1 heterocycles. The van der Waals surface area contributed by atoms with Crippen LogP contribution >= 0.6 is 11.8 Å². The Bertz CT molecular complexity index is 539. The molecule has 96 valence electrons. The van der Waals surface area contributed by atoms with E-state index in [0.29, 0.717) is 11.1 Å². The van der Waals surface area contributed by atoms with Crippen LogP contribution in [-0.2, 0) is 0 Å². The van der Waals surface area contributed by atoms with Crippen molar-refractivity contribution in [3.05, 3.63) is 40.8 Å². The number of nitrogens with zero attached hydrogens (tertiary/aromatic N) is 2. The molecule has 0 aliphatic rings. The zero-order chi connectivity index (χ0) is 13.1. The van der Waals surface area contributed by atoms with Crippen LogP contribution in [0, 0.1) is 20.8 Å². The van der Waals surface area contributed by atoms with Crippen LogP contribution in [0.25, 0.3) is 0 Å². The molecule has 0 bridgehead atoms. The maximum atomic E-state index is 6.16. The van der Waals surface area contributed by atoms with Crippen LogP contribution in [0.3, 0.4) is 0 Å². The molecule has 0 spiro atoms. The third-order valence-electron chi connectivity index (χ3n) is 2.85. The van der Waals surface area contributed by atoms with E-state index in [2.05, 4.69) is 42.2 Å². The highest BCUT2D eigenvalue weighted by molar-refractivity contribution is 7.99. The molecule has 0 amide bonds. The molecule has 1 aromatic heterocycles. The highest BCUT2D eigenvalue weighted by Crippen LogP contribution is 2.23. The van der Waals surface area contributed by atoms with Gasteiger partial charge in [-0.05, 0) is 30.5 Å². The minimum atomic E-state index is -0.0264. The van der Waals surface area contributed by atoms with Gasteiger partial charge in [0, 0.05) is 18.7 Å². The second-order valence-electron chi connectivity index (χ2n) is 4.35. The number of nitrogens with two attached hydrogens (primary N) is 1. The predicted molar refractivity (Wildman–Crippen MR) is 72.6 cm³/mol. The summed E-state index contributed by atoms with van der Waals surface area (Å²) in [6.07, 6.45) is 0. The van der Waals surface area contributed by atoms with Gasteiger partial charge in [0.1, 0.15) is 0 Å². The molecule has 18 heavy (non-hydrogen) atoms. The topological polar surface area (TPSA) is 64.9 Å². The Kier molecular flexibility index (Phi) is 4.04. The van der Waals surface area contributed by atoms with Crippen LogP contribution in [0.1, 0.15) is 28.6 Å². The first kappa shape index (κ1) is 13.1. The molecule has 0 saturated carbocycles. The normalized spacial score (nSPS) is 12.7. The second-order valence-corrected chi connectivity index (χ2v) is 5.32. The van der Waals surface area contributed by atoms with E-state index in [9.17, 15) is 0 Å². The van der Waals surface area contributed by atoms with Crippen LogP contribution in [0.15, 0.2) is 27.8 Å². The van der Waals surface area contributed by atoms with Crippen LogP contribution in [-0.4, -0.2) is 16.0 Å². The number of aryl methyl sites for hydroxylation is 3. The Morgan fingerprint density at radius 1 is 1.22 bits per heavy atom. The van der Waals surface area contributed by atoms with E-state index in [1.165, 1.54) is 22.9 Å². The second kappa shape index (κ2) is 5.54. The van der Waals surface area contributed by atoms with Crippen molar-refractivity contribution >= 4 is 11.8 Å². The first-order chi connectivity index (χ1) is 8.56. The van der Waals surface area contributed by atoms with Gasteiger partial charge in [0.2, 0.25) is 5.89 Å². The molecule has 2 aromatic rings. The summed E-state index contributed by atoms with van der Waals surface area (Å²) in [5.74, 6) is 1.31. The molecule has 1 atom stereocenters. The van der Waals surface area contributed by atoms with Gasteiger partial charge in [0.05, 0.1) is 0 Å². The van der Waals surface area contributed by atoms with Gasteiger partial charge in [0.15, 0.2) is 0 Å². The summed E-state index contributed by atoms with van der Waals surface area (Å²) < 4.78 is 5.30. The lowest BCUT2D eigenvalue weighted by atomic mass is 10.0. The molecule has 0 aliphatic heterocycles. The van der Waals surface area contributed by atoms with Crippen molar-refractivity contribution in [2.45, 2.75) is 32.0 Å². The lowest BCUT2D eigenvalue weighted by Crippen LogP contribution is -2.13. The SMILES string of the molecule is Cc1nnc(SCC(N)c2ccc(C)c(C)c2)o1. The van der Waals surface area contributed by atoms with Gasteiger partial charge in [-0.2, -0.15) is 0 Å². The van der Waals surface area contributed by atoms with E-state index in [1.807, 2.05) is 0 Å². The van der Waals surface area contributed by atoms with Crippen molar-refractivity contribution in [1.29, 1.82) is 0 Å². The van der Waals surface area contributed by atoms with E-state index in [0.717, 1.165) is 11.3 Å². The third-order valence-corrected chi connectivity index (χ3v) is 3.79. The smallest absolute Gasteiger partial charge is 0.276 e. The van der Waals surface area contributed by atoms with Crippen LogP contribution in [0.5, 0.6) is 0 Å². The highest BCUT2D eigenvalue weighted by atomic mass is 32.2. The monoisotopic (exact) mass is 263 g/mol. The molecule has 0 saturated heterocycles. The zero-order valence-electron chi connectivity index (χ0n) is 10.8. The summed E-state index contributed by atoms with van der Waals surface area (Å²) in [4.78, 5) is 0. The Hall–Kier alpha value is -1.33. The third kappa shape index (κ3) is 3.11. The summed E-state index contributed by atoms with van der Waals surface area (Å²) in [5.41, 5.74) is 9.85. The summed E-state index contributed by atoms with van der Waals surface area (Å²) in [6.45, 7) is 5.97. The maximum absolute atomic E-state index is 6.16. The molecule has 0 fully saturated rings. The van der Waals surface area contributed by atoms with Crippen molar-refractivity contribution in [2.24, 2.45) is 5.73 Å². The zero-order valence-corrected chi connectivity index (χ0v) is 11.6. The summed E-state index contributed by atoms with van der Waals surface area (Å²) in [7, 11) is 0. The molecule has 0 aliphatic carbocycles. The first-order valence-electron chi connectivity index (χ1n) is 5.82. The summed E-state index contributed by atoms with van der Waals surface area (Å²) in [6, 6.07) is 6.29. The van der Waals surface area contributed by atoms with E-state index in [4.69, 9.17) is 10.2 Å². The molecule has 4 nitrogen and oxygen atoms in total. The van der Waals surface area contributed by atoms with Gasteiger partial charge in [-0.1, -0.05) is 30.0 Å². The number of hydrogen-bond donors (Lipinski definition) is 1. The average molecular weight is 263 g/mol. The molecular formula is C13H17N3OS. The van der Waals surface area contributed by atoms with E-state index in [-0.39, 0.29) is 6.04 Å². The minimum absolute atomic E-state index is 0.0264. The largest absolute Gasteiger partial charge is 0.416 e. The molecular weight excluding hydrogens is 246 g/mol. The van der Waals surface area contributed by atoms with Crippen LogP contribution < -0.4 is 5.73 Å². The Morgan fingerprint density at radius 3 is 2.61 bits per heavy atom. The van der Waals surface area contributed by atoms with E-state index in [1.54, 1.807) is 6.92 Å². The Morgan fingerprint density at radius 2 is 2.00 bits per heavy atom. The van der Waals surface area contributed by atoms with Crippen molar-refractivity contribution < 1.29 is 4.42 Å². The Balaban J connectivity index is 1.99. The van der Waals surface area contributed by atoms with Crippen molar-refractivity contribution in [3.63, 3.8) is 0 Å². The molecule has 1 aromatic carbocycles. The molecule has 5 heteroatoms. The van der Waals surface area contributed by atoms with E-state index < -0.39 is 0 Å². The van der Waals surface area contributed by atoms with Gasteiger partial charge < -0.3 is 10.2 Å². The number of rotatable bonds is 4. The van der Waals surface area contributed by atoms with Gasteiger partial charge in [0.25, 0.3) is 5.22 Å². The van der Waals surface area contributed by atoms with Gasteiger partial charge in [-0.15, -0.1) is 10.2 Å². The first-order valence-corrected chi connectivity index (χ1v) is 6.80. The van der Waals surface area contributed by atoms with Gasteiger partial charge in [-0.25, -0.2) is 0 Å². The van der Waals surface area contributed by atoms with Crippen LogP contribution in [0.2, 0.25) is 0 Å². The fourth-order valence-corrected chi connectivity index (χ4v) is 2.38. The minimum Gasteiger partial charge on any atom is -0.416 e. The number of aromatic nitrogens is 2. The molecule has 0 radical (unpaired) electrons. The average Bonchev–Trinajstić information content (AvgIpc) is 2.75. The number of benzene rings is 1. The van der Waals surface area contributed by atoms with Crippen LogP contribution in [0.4, 0.5) is 0 Å². The van der Waals surface area contributed by atoms with Crippen molar-refractivity contribution in [3.8, 4) is 0 Å². The van der Waals surface area contributed by atoms with Gasteiger partial charge in [-0.3, -0.25) is 0 Å². The highest BCUT2D eigenvalue weighted by Gasteiger charge is 2.10. The standard InChI is InChI=1S/C13H17N3OS/c1-8-4-5-11(6-9(8)2)12(14)7-18-13-16-15-10(3)17-13/h4-6,12H,7,14H2,1-3H3. The summed E-state index contributed by atoms with van der Waals surface area (Å²) >= 11 is 1.49. The van der Waals surface area contributed by atoms with Crippen molar-refractivity contribution in [1.82, 2.24) is 10.2 Å². The van der Waals surface area contributed by atoms with Gasteiger partial charge >= 0.3 is 0 Å².